The topological polar surface area (TPSA) is 150 Å². The Morgan fingerprint density at radius 3 is 2.56 bits per heavy atom. The van der Waals surface area contributed by atoms with E-state index in [0.29, 0.717) is 39.8 Å². The first kappa shape index (κ1) is 32.6. The number of halogens is 2. The van der Waals surface area contributed by atoms with Crippen molar-refractivity contribution in [3.63, 3.8) is 0 Å². The van der Waals surface area contributed by atoms with Crippen LogP contribution in [0.25, 0.3) is 16.6 Å². The Hall–Kier alpha value is -5.31. The molecule has 1 amide bonds. The number of methoxy groups -OCH3 is 1. The van der Waals surface area contributed by atoms with Gasteiger partial charge in [0.1, 0.15) is 5.75 Å². The lowest BCUT2D eigenvalue weighted by Crippen LogP contribution is -2.37. The standard InChI is InChI=1S/C33H30ClFN6O7/c1-45-28-18-23-25(19-29(28)47-14-2-11-40-12-15-46-16-13-40)36-10-9-26(23)48-27-8-5-21(17-24(27)35)37-31(42)30-32(43)38-33(44)41(39-30)22-6-3-20(34)4-7-22/h3-10,17-19H,2,11-16H2,1H3,(H,37,42)(H,38,43,44). The average Bonchev–Trinajstić information content (AvgIpc) is 3.08. The van der Waals surface area contributed by atoms with Crippen molar-refractivity contribution in [2.75, 3.05) is 51.9 Å². The molecule has 0 saturated carbocycles. The number of nitrogens with one attached hydrogen (secondary N) is 2. The molecule has 3 aromatic carbocycles. The summed E-state index contributed by atoms with van der Waals surface area (Å²) in [6.07, 6.45) is 2.36. The molecule has 1 saturated heterocycles. The van der Waals surface area contributed by atoms with E-state index in [0.717, 1.165) is 50.0 Å². The van der Waals surface area contributed by atoms with Gasteiger partial charge in [-0.25, -0.2) is 9.18 Å². The van der Waals surface area contributed by atoms with Gasteiger partial charge in [-0.1, -0.05) is 11.6 Å². The van der Waals surface area contributed by atoms with Crippen molar-refractivity contribution in [3.8, 4) is 28.7 Å². The molecule has 2 aromatic heterocycles. The number of carbonyl (C=O) groups is 1. The molecular formula is C33H30ClFN6O7. The number of rotatable bonds is 11. The fraction of sp³-hybridized carbons (Fsp3) is 0.242. The maximum Gasteiger partial charge on any atom is 0.349 e. The van der Waals surface area contributed by atoms with Gasteiger partial charge in [0.25, 0.3) is 11.5 Å². The number of aromatic nitrogens is 4. The van der Waals surface area contributed by atoms with Gasteiger partial charge in [0, 0.05) is 54.1 Å². The SMILES string of the molecule is COc1cc2c(Oc3ccc(NC(=O)c4nn(-c5ccc(Cl)cc5)c(=O)[nH]c4=O)cc3F)ccnc2cc1OCCCN1CCOCC1. The third-order valence-electron chi connectivity index (χ3n) is 7.49. The van der Waals surface area contributed by atoms with E-state index in [2.05, 4.69) is 25.3 Å². The quantitative estimate of drug-likeness (QED) is 0.193. The molecule has 5 aromatic rings. The van der Waals surface area contributed by atoms with Gasteiger partial charge in [-0.05, 0) is 55.0 Å². The van der Waals surface area contributed by atoms with Gasteiger partial charge in [0.2, 0.25) is 5.69 Å². The highest BCUT2D eigenvalue weighted by Crippen LogP contribution is 2.38. The van der Waals surface area contributed by atoms with E-state index >= 15 is 4.39 Å². The first-order valence-electron chi connectivity index (χ1n) is 15.0. The first-order chi connectivity index (χ1) is 23.3. The van der Waals surface area contributed by atoms with Gasteiger partial charge in [-0.15, -0.1) is 0 Å². The predicted molar refractivity (Wildman–Crippen MR) is 176 cm³/mol. The van der Waals surface area contributed by atoms with Crippen molar-refractivity contribution in [2.45, 2.75) is 6.42 Å². The van der Waals surface area contributed by atoms with E-state index in [1.165, 1.54) is 49.7 Å². The zero-order valence-corrected chi connectivity index (χ0v) is 26.5. The van der Waals surface area contributed by atoms with Crippen LogP contribution in [0.1, 0.15) is 16.9 Å². The van der Waals surface area contributed by atoms with Crippen LogP contribution in [-0.2, 0) is 4.74 Å². The van der Waals surface area contributed by atoms with Crippen LogP contribution in [0.4, 0.5) is 10.1 Å². The fourth-order valence-electron chi connectivity index (χ4n) is 5.06. The van der Waals surface area contributed by atoms with Crippen LogP contribution in [0.15, 0.2) is 76.4 Å². The number of fused-ring (bicyclic) bond motifs is 1. The molecule has 1 aliphatic rings. The zero-order valence-electron chi connectivity index (χ0n) is 25.7. The number of H-pyrrole nitrogens is 1. The number of pyridine rings is 1. The summed E-state index contributed by atoms with van der Waals surface area (Å²) in [6, 6.07) is 14.8. The summed E-state index contributed by atoms with van der Waals surface area (Å²) in [5.41, 5.74) is -1.62. The summed E-state index contributed by atoms with van der Waals surface area (Å²) in [6.45, 7) is 4.69. The summed E-state index contributed by atoms with van der Waals surface area (Å²) in [5.74, 6) is -0.574. The molecule has 0 radical (unpaired) electrons. The fourth-order valence-corrected chi connectivity index (χ4v) is 5.19. The van der Waals surface area contributed by atoms with Crippen molar-refractivity contribution in [1.29, 1.82) is 0 Å². The summed E-state index contributed by atoms with van der Waals surface area (Å²) >= 11 is 5.90. The van der Waals surface area contributed by atoms with E-state index in [1.54, 1.807) is 18.2 Å². The van der Waals surface area contributed by atoms with E-state index in [-0.39, 0.29) is 17.1 Å². The maximum absolute atomic E-state index is 15.3. The number of anilines is 1. The van der Waals surface area contributed by atoms with Crippen molar-refractivity contribution in [1.82, 2.24) is 24.6 Å². The molecule has 15 heteroatoms. The normalized spacial score (nSPS) is 13.3. The monoisotopic (exact) mass is 676 g/mol. The number of morpholine rings is 1. The highest BCUT2D eigenvalue weighted by atomic mass is 35.5. The van der Waals surface area contributed by atoms with Gasteiger partial charge in [0.15, 0.2) is 23.1 Å². The van der Waals surface area contributed by atoms with Crippen LogP contribution in [0.3, 0.4) is 0 Å². The lowest BCUT2D eigenvalue weighted by Gasteiger charge is -2.26. The molecule has 0 spiro atoms. The molecule has 1 aliphatic heterocycles. The largest absolute Gasteiger partial charge is 0.493 e. The molecule has 248 valence electrons. The van der Waals surface area contributed by atoms with Crippen molar-refractivity contribution in [3.05, 3.63) is 104 Å². The van der Waals surface area contributed by atoms with Gasteiger partial charge in [-0.2, -0.15) is 9.78 Å². The van der Waals surface area contributed by atoms with Gasteiger partial charge < -0.3 is 24.3 Å². The van der Waals surface area contributed by atoms with Gasteiger partial charge in [0.05, 0.1) is 38.1 Å². The first-order valence-corrected chi connectivity index (χ1v) is 15.3. The molecule has 0 unspecified atom stereocenters. The minimum atomic E-state index is -1.01. The Bertz CT molecular complexity index is 2070. The second-order valence-electron chi connectivity index (χ2n) is 10.7. The second-order valence-corrected chi connectivity index (χ2v) is 11.1. The number of nitrogens with zero attached hydrogens (tertiary/aromatic N) is 4. The number of hydrogen-bond donors (Lipinski definition) is 2. The van der Waals surface area contributed by atoms with E-state index in [9.17, 15) is 14.4 Å². The minimum absolute atomic E-state index is 0.0203. The molecule has 6 rings (SSSR count). The van der Waals surface area contributed by atoms with Crippen molar-refractivity contribution in [2.24, 2.45) is 0 Å². The number of benzene rings is 3. The number of amides is 1. The lowest BCUT2D eigenvalue weighted by molar-refractivity contribution is 0.0357. The zero-order chi connectivity index (χ0) is 33.6. The highest BCUT2D eigenvalue weighted by molar-refractivity contribution is 6.30. The highest BCUT2D eigenvalue weighted by Gasteiger charge is 2.19. The smallest absolute Gasteiger partial charge is 0.349 e. The molecule has 3 heterocycles. The Balaban J connectivity index is 1.15. The Morgan fingerprint density at radius 2 is 1.81 bits per heavy atom. The van der Waals surface area contributed by atoms with E-state index < -0.39 is 28.7 Å². The van der Waals surface area contributed by atoms with Crippen LogP contribution >= 0.6 is 11.6 Å². The third-order valence-corrected chi connectivity index (χ3v) is 7.74. The number of carbonyl (C=O) groups excluding carboxylic acids is 1. The van der Waals surface area contributed by atoms with Crippen LogP contribution in [0.2, 0.25) is 5.02 Å². The van der Waals surface area contributed by atoms with Crippen molar-refractivity contribution < 1.29 is 28.1 Å². The number of hydrogen-bond acceptors (Lipinski definition) is 10. The molecule has 0 bridgehead atoms. The number of ether oxygens (including phenoxy) is 4. The molecule has 0 aliphatic carbocycles. The maximum atomic E-state index is 15.3. The van der Waals surface area contributed by atoms with Crippen LogP contribution in [0, 0.1) is 5.82 Å². The number of aromatic amines is 1. The summed E-state index contributed by atoms with van der Waals surface area (Å²) < 4.78 is 39.0. The molecular weight excluding hydrogens is 647 g/mol. The Morgan fingerprint density at radius 1 is 1.02 bits per heavy atom. The molecule has 0 atom stereocenters. The Kier molecular flexibility index (Phi) is 9.94. The molecule has 13 nitrogen and oxygen atoms in total. The second kappa shape index (κ2) is 14.6. The average molecular weight is 677 g/mol. The summed E-state index contributed by atoms with van der Waals surface area (Å²) in [5, 5.41) is 7.32. The predicted octanol–water partition coefficient (Wildman–Crippen LogP) is 4.42. The van der Waals surface area contributed by atoms with E-state index in [1.807, 2.05) is 0 Å². The minimum Gasteiger partial charge on any atom is -0.493 e. The molecule has 1 fully saturated rings. The molecule has 48 heavy (non-hydrogen) atoms. The summed E-state index contributed by atoms with van der Waals surface area (Å²) in [4.78, 5) is 46.5. The third kappa shape index (κ3) is 7.46. The van der Waals surface area contributed by atoms with E-state index in [4.69, 9.17) is 30.5 Å². The van der Waals surface area contributed by atoms with Gasteiger partial charge >= 0.3 is 5.69 Å². The van der Waals surface area contributed by atoms with Crippen LogP contribution in [0.5, 0.6) is 23.0 Å². The summed E-state index contributed by atoms with van der Waals surface area (Å²) in [7, 11) is 1.53. The lowest BCUT2D eigenvalue weighted by atomic mass is 10.1. The van der Waals surface area contributed by atoms with Crippen LogP contribution in [-0.4, -0.2) is 77.1 Å². The Labute approximate surface area is 277 Å². The molecule has 2 N–H and O–H groups in total. The van der Waals surface area contributed by atoms with Crippen molar-refractivity contribution >= 4 is 34.1 Å². The van der Waals surface area contributed by atoms with Crippen LogP contribution < -0.4 is 30.8 Å². The van der Waals surface area contributed by atoms with Gasteiger partial charge in [-0.3, -0.25) is 24.5 Å².